The predicted molar refractivity (Wildman–Crippen MR) is 129 cm³/mol. The first-order valence-corrected chi connectivity index (χ1v) is 11.3. The Hall–Kier alpha value is -3.23. The van der Waals surface area contributed by atoms with Gasteiger partial charge in [0, 0.05) is 44.1 Å². The fourth-order valence-electron chi connectivity index (χ4n) is 4.42. The van der Waals surface area contributed by atoms with Crippen molar-refractivity contribution in [2.45, 2.75) is 25.4 Å². The van der Waals surface area contributed by atoms with E-state index in [4.69, 9.17) is 10.5 Å². The van der Waals surface area contributed by atoms with E-state index in [-0.39, 0.29) is 12.5 Å². The minimum Gasteiger partial charge on any atom is -0.492 e. The van der Waals surface area contributed by atoms with Crippen LogP contribution in [0.1, 0.15) is 28.9 Å². The van der Waals surface area contributed by atoms with Gasteiger partial charge in [-0.3, -0.25) is 9.78 Å². The van der Waals surface area contributed by atoms with Gasteiger partial charge in [-0.25, -0.2) is 4.98 Å². The van der Waals surface area contributed by atoms with E-state index in [1.54, 1.807) is 42.4 Å². The highest BCUT2D eigenvalue weighted by Gasteiger charge is 2.36. The van der Waals surface area contributed by atoms with Crippen LogP contribution >= 0.6 is 0 Å². The third-order valence-corrected chi connectivity index (χ3v) is 5.96. The van der Waals surface area contributed by atoms with Gasteiger partial charge in [0.1, 0.15) is 17.9 Å². The first-order chi connectivity index (χ1) is 15.9. The van der Waals surface area contributed by atoms with E-state index in [9.17, 15) is 9.90 Å². The number of β-amino-alcohol motifs (C(OH)–C–C–N with tert-alkyl or cyclic N) is 1. The molecule has 0 spiro atoms. The molecule has 3 N–H and O–H groups in total. The number of ether oxygens (including phenoxy) is 1. The highest BCUT2D eigenvalue weighted by Crippen LogP contribution is 2.30. The third-order valence-electron chi connectivity index (χ3n) is 5.96. The van der Waals surface area contributed by atoms with Crippen LogP contribution in [0.4, 0.5) is 5.69 Å². The minimum atomic E-state index is -1.02. The topological polar surface area (TPSA) is 105 Å². The van der Waals surface area contributed by atoms with E-state index in [0.717, 1.165) is 35.4 Å². The highest BCUT2D eigenvalue weighted by molar-refractivity contribution is 5.94. The summed E-state index contributed by atoms with van der Waals surface area (Å²) in [5, 5.41) is 11.4. The zero-order valence-corrected chi connectivity index (χ0v) is 19.2. The average molecular weight is 450 g/mol. The maximum atomic E-state index is 13.0. The van der Waals surface area contributed by atoms with Crippen molar-refractivity contribution < 1.29 is 14.6 Å². The van der Waals surface area contributed by atoms with Gasteiger partial charge in [0.25, 0.3) is 5.91 Å². The van der Waals surface area contributed by atoms with Crippen LogP contribution in [0.25, 0.3) is 11.0 Å². The van der Waals surface area contributed by atoms with Crippen LogP contribution in [0, 0.1) is 6.92 Å². The number of aromatic nitrogens is 2. The summed E-state index contributed by atoms with van der Waals surface area (Å²) >= 11 is 0. The maximum absolute atomic E-state index is 13.0. The van der Waals surface area contributed by atoms with Crippen molar-refractivity contribution in [3.05, 3.63) is 59.9 Å². The molecule has 1 saturated heterocycles. The number of pyridine rings is 2. The predicted octanol–water partition coefficient (Wildman–Crippen LogP) is 2.38. The number of anilines is 1. The van der Waals surface area contributed by atoms with Crippen molar-refractivity contribution in [3.8, 4) is 5.75 Å². The third kappa shape index (κ3) is 5.23. The summed E-state index contributed by atoms with van der Waals surface area (Å²) in [5.41, 5.74) is 8.54. The SMILES string of the molecule is Cc1ccc2nccc(N3CCCC(O)(CN(C)C(=O)c4ccc(OCCN)cc4)C3)c2n1. The fourth-order valence-corrected chi connectivity index (χ4v) is 4.42. The van der Waals surface area contributed by atoms with Gasteiger partial charge in [0.15, 0.2) is 0 Å². The highest BCUT2D eigenvalue weighted by atomic mass is 16.5. The Balaban J connectivity index is 1.47. The van der Waals surface area contributed by atoms with Crippen LogP contribution < -0.4 is 15.4 Å². The smallest absolute Gasteiger partial charge is 0.253 e. The second-order valence-electron chi connectivity index (χ2n) is 8.72. The Bertz CT molecular complexity index is 1120. The average Bonchev–Trinajstić information content (AvgIpc) is 2.82. The molecule has 0 aliphatic carbocycles. The van der Waals surface area contributed by atoms with Gasteiger partial charge in [0.05, 0.1) is 23.3 Å². The van der Waals surface area contributed by atoms with Crippen molar-refractivity contribution in [2.75, 3.05) is 44.7 Å². The number of benzene rings is 1. The number of carbonyl (C=O) groups is 1. The second-order valence-corrected chi connectivity index (χ2v) is 8.72. The zero-order chi connectivity index (χ0) is 23.4. The lowest BCUT2D eigenvalue weighted by Crippen LogP contribution is -2.54. The van der Waals surface area contributed by atoms with Crippen molar-refractivity contribution >= 4 is 22.6 Å². The van der Waals surface area contributed by atoms with Crippen LogP contribution in [-0.2, 0) is 0 Å². The van der Waals surface area contributed by atoms with Crippen LogP contribution in [0.2, 0.25) is 0 Å². The van der Waals surface area contributed by atoms with E-state index in [1.165, 1.54) is 0 Å². The number of nitrogens with two attached hydrogens (primary N) is 1. The molecular weight excluding hydrogens is 418 g/mol. The quantitative estimate of drug-likeness (QED) is 0.571. The molecule has 1 aliphatic heterocycles. The Morgan fingerprint density at radius 2 is 2.03 bits per heavy atom. The van der Waals surface area contributed by atoms with Gasteiger partial charge < -0.3 is 25.4 Å². The molecule has 3 aromatic rings. The molecule has 0 bridgehead atoms. The molecule has 8 heteroatoms. The number of piperidine rings is 1. The van der Waals surface area contributed by atoms with E-state index in [2.05, 4.69) is 14.9 Å². The first kappa shape index (κ1) is 22.9. The van der Waals surface area contributed by atoms with Crippen molar-refractivity contribution in [1.82, 2.24) is 14.9 Å². The normalized spacial score (nSPS) is 18.4. The number of fused-ring (bicyclic) bond motifs is 1. The van der Waals surface area contributed by atoms with Gasteiger partial charge in [0.2, 0.25) is 0 Å². The van der Waals surface area contributed by atoms with Crippen molar-refractivity contribution in [2.24, 2.45) is 5.73 Å². The Morgan fingerprint density at radius 3 is 2.79 bits per heavy atom. The lowest BCUT2D eigenvalue weighted by molar-refractivity contribution is 0.0000608. The van der Waals surface area contributed by atoms with E-state index in [0.29, 0.717) is 37.4 Å². The number of amides is 1. The van der Waals surface area contributed by atoms with Crippen LogP contribution in [-0.4, -0.2) is 71.3 Å². The molecule has 1 aliphatic rings. The lowest BCUT2D eigenvalue weighted by atomic mass is 9.91. The fraction of sp³-hybridized carbons (Fsp3) is 0.400. The van der Waals surface area contributed by atoms with Crippen LogP contribution in [0.3, 0.4) is 0 Å². The van der Waals surface area contributed by atoms with Crippen LogP contribution in [0.15, 0.2) is 48.7 Å². The molecule has 1 unspecified atom stereocenters. The number of nitrogens with zero attached hydrogens (tertiary/aromatic N) is 4. The molecule has 0 saturated carbocycles. The molecule has 1 aromatic carbocycles. The Morgan fingerprint density at radius 1 is 1.24 bits per heavy atom. The standard InChI is InChI=1S/C25H31N5O3/c1-18-4-9-21-23(28-18)22(10-13-27-21)30-14-3-11-25(32,17-30)16-29(2)24(31)19-5-7-20(8-6-19)33-15-12-26/h4-10,13,32H,3,11-12,14-17,26H2,1-2H3. The molecule has 1 fully saturated rings. The first-order valence-electron chi connectivity index (χ1n) is 11.3. The summed E-state index contributed by atoms with van der Waals surface area (Å²) in [7, 11) is 1.73. The van der Waals surface area contributed by atoms with Gasteiger partial charge in [-0.15, -0.1) is 0 Å². The number of rotatable bonds is 7. The molecule has 4 rings (SSSR count). The van der Waals surface area contributed by atoms with E-state index < -0.39 is 5.60 Å². The number of carbonyl (C=O) groups excluding carboxylic acids is 1. The largest absolute Gasteiger partial charge is 0.492 e. The minimum absolute atomic E-state index is 0.141. The van der Waals surface area contributed by atoms with Gasteiger partial charge in [-0.2, -0.15) is 0 Å². The molecule has 1 amide bonds. The van der Waals surface area contributed by atoms with Gasteiger partial charge in [-0.1, -0.05) is 0 Å². The molecule has 0 radical (unpaired) electrons. The number of likely N-dealkylation sites (N-methyl/N-ethyl adjacent to an activating group) is 1. The van der Waals surface area contributed by atoms with Crippen molar-refractivity contribution in [1.29, 1.82) is 0 Å². The summed E-state index contributed by atoms with van der Waals surface area (Å²) in [6.45, 7) is 4.30. The monoisotopic (exact) mass is 449 g/mol. The molecule has 1 atom stereocenters. The summed E-state index contributed by atoms with van der Waals surface area (Å²) in [4.78, 5) is 25.8. The Kier molecular flexibility index (Phi) is 6.76. The zero-order valence-electron chi connectivity index (χ0n) is 19.2. The number of aliphatic hydroxyl groups is 1. The molecule has 8 nitrogen and oxygen atoms in total. The van der Waals surface area contributed by atoms with Gasteiger partial charge in [-0.05, 0) is 62.2 Å². The van der Waals surface area contributed by atoms with E-state index >= 15 is 0 Å². The second kappa shape index (κ2) is 9.72. The van der Waals surface area contributed by atoms with Crippen LogP contribution in [0.5, 0.6) is 5.75 Å². The molecule has 3 heterocycles. The van der Waals surface area contributed by atoms with E-state index in [1.807, 2.05) is 25.1 Å². The van der Waals surface area contributed by atoms with Crippen molar-refractivity contribution in [3.63, 3.8) is 0 Å². The number of hydrogen-bond acceptors (Lipinski definition) is 7. The molecule has 174 valence electrons. The number of hydrogen-bond donors (Lipinski definition) is 2. The molecular formula is C25H31N5O3. The molecule has 33 heavy (non-hydrogen) atoms. The summed E-state index contributed by atoms with van der Waals surface area (Å²) < 4.78 is 5.47. The lowest BCUT2D eigenvalue weighted by Gasteiger charge is -2.42. The van der Waals surface area contributed by atoms with Gasteiger partial charge >= 0.3 is 0 Å². The summed E-state index contributed by atoms with van der Waals surface area (Å²) in [6, 6.07) is 12.9. The molecule has 2 aromatic heterocycles. The summed E-state index contributed by atoms with van der Waals surface area (Å²) in [6.07, 6.45) is 3.22. The number of aryl methyl sites for hydroxylation is 1. The maximum Gasteiger partial charge on any atom is 0.253 e. The Labute approximate surface area is 194 Å². The summed E-state index contributed by atoms with van der Waals surface area (Å²) in [5.74, 6) is 0.534.